The molecule has 0 spiro atoms. The fraction of sp³-hybridized carbons (Fsp3) is 0.500. The molecule has 49 heavy (non-hydrogen) atoms. The van der Waals surface area contributed by atoms with E-state index in [1.165, 1.54) is 14.2 Å². The fourth-order valence-corrected chi connectivity index (χ4v) is 7.08. The minimum absolute atomic E-state index is 0. The average Bonchev–Trinajstić information content (AvgIpc) is 3.63. The van der Waals surface area contributed by atoms with Crippen LogP contribution in [0.25, 0.3) is 0 Å². The van der Waals surface area contributed by atoms with Crippen molar-refractivity contribution in [1.29, 1.82) is 0 Å². The molecule has 0 aliphatic carbocycles. The summed E-state index contributed by atoms with van der Waals surface area (Å²) in [5, 5.41) is 0. The number of ether oxygens (including phenoxy) is 4. The van der Waals surface area contributed by atoms with Gasteiger partial charge in [0.1, 0.15) is 6.10 Å². The Balaban J connectivity index is 0.00000270. The van der Waals surface area contributed by atoms with E-state index in [2.05, 4.69) is 44.0 Å². The van der Waals surface area contributed by atoms with Gasteiger partial charge in [0.05, 0.1) is 19.8 Å². The van der Waals surface area contributed by atoms with Crippen molar-refractivity contribution in [2.24, 2.45) is 0 Å². The number of aromatic nitrogens is 2. The van der Waals surface area contributed by atoms with Crippen molar-refractivity contribution in [3.8, 4) is 17.8 Å². The molecule has 6 rings (SSSR count). The van der Waals surface area contributed by atoms with Crippen molar-refractivity contribution in [1.82, 2.24) is 24.7 Å². The van der Waals surface area contributed by atoms with E-state index in [9.17, 15) is 18.0 Å². The van der Waals surface area contributed by atoms with Crippen molar-refractivity contribution in [3.05, 3.63) is 77.4 Å². The molecule has 3 atom stereocenters. The Bertz CT molecular complexity index is 1470. The van der Waals surface area contributed by atoms with Crippen LogP contribution < -0.4 is 14.2 Å². The van der Waals surface area contributed by atoms with Crippen LogP contribution in [0.5, 0.6) is 17.8 Å². The first kappa shape index (κ1) is 38.4. The quantitative estimate of drug-likeness (QED) is 0.287. The van der Waals surface area contributed by atoms with Gasteiger partial charge < -0.3 is 23.8 Å². The van der Waals surface area contributed by atoms with Gasteiger partial charge in [-0.25, -0.2) is 0 Å². The van der Waals surface area contributed by atoms with E-state index in [4.69, 9.17) is 18.9 Å². The number of carbonyl (C=O) groups is 1. The van der Waals surface area contributed by atoms with Crippen LogP contribution in [0.1, 0.15) is 35.4 Å². The summed E-state index contributed by atoms with van der Waals surface area (Å²) in [7, 11) is 2.72. The Hall–Kier alpha value is -3.36. The molecule has 1 aromatic heterocycles. The third kappa shape index (κ3) is 9.06. The van der Waals surface area contributed by atoms with Crippen molar-refractivity contribution < 1.29 is 36.9 Å². The first-order valence-electron chi connectivity index (χ1n) is 15.9. The SMILES string of the molecule is COc1nc(OC)c(CN2C[C@@H]3CN(C(=O)[C@@H]4CCCO4)CCN3[C@H](C(c3ccccc3)c3ccccc3)C2)c(OCC(F)(F)F)n1.Cl.Cl. The topological polar surface area (TPSA) is 89.5 Å². The van der Waals surface area contributed by atoms with Crippen LogP contribution in [0.2, 0.25) is 0 Å². The van der Waals surface area contributed by atoms with Gasteiger partial charge in [-0.15, -0.1) is 24.8 Å². The number of piperazine rings is 2. The maximum atomic E-state index is 13.5. The predicted octanol–water partition coefficient (Wildman–Crippen LogP) is 4.99. The number of fused-ring (bicyclic) bond motifs is 1. The number of nitrogens with zero attached hydrogens (tertiary/aromatic N) is 5. The van der Waals surface area contributed by atoms with Gasteiger partial charge in [-0.1, -0.05) is 60.7 Å². The number of methoxy groups -OCH3 is 2. The van der Waals surface area contributed by atoms with Crippen LogP contribution in [-0.2, 0) is 16.1 Å². The minimum atomic E-state index is -4.57. The van der Waals surface area contributed by atoms with Crippen LogP contribution in [0.15, 0.2) is 60.7 Å². The lowest BCUT2D eigenvalue weighted by Gasteiger charge is -2.53. The number of hydrogen-bond acceptors (Lipinski definition) is 9. The van der Waals surface area contributed by atoms with Gasteiger partial charge in [-0.2, -0.15) is 23.1 Å². The van der Waals surface area contributed by atoms with Crippen LogP contribution in [0.3, 0.4) is 0 Å². The summed E-state index contributed by atoms with van der Waals surface area (Å²) in [6, 6.07) is 20.4. The van der Waals surface area contributed by atoms with E-state index in [0.29, 0.717) is 44.9 Å². The zero-order chi connectivity index (χ0) is 33.0. The number of benzene rings is 2. The normalized spacial score (nSPS) is 21.3. The highest BCUT2D eigenvalue weighted by atomic mass is 35.5. The maximum absolute atomic E-state index is 13.5. The van der Waals surface area contributed by atoms with Gasteiger partial charge in [0.2, 0.25) is 11.8 Å². The summed E-state index contributed by atoms with van der Waals surface area (Å²) in [5.41, 5.74) is 2.60. The van der Waals surface area contributed by atoms with Gasteiger partial charge in [0.25, 0.3) is 5.91 Å². The zero-order valence-corrected chi connectivity index (χ0v) is 29.0. The number of amides is 1. The summed E-state index contributed by atoms with van der Waals surface area (Å²) in [6.07, 6.45) is -3.39. The molecule has 268 valence electrons. The highest BCUT2D eigenvalue weighted by Gasteiger charge is 2.44. The summed E-state index contributed by atoms with van der Waals surface area (Å²) >= 11 is 0. The number of rotatable bonds is 10. The predicted molar refractivity (Wildman–Crippen MR) is 181 cm³/mol. The van der Waals surface area contributed by atoms with Crippen molar-refractivity contribution in [3.63, 3.8) is 0 Å². The summed E-state index contributed by atoms with van der Waals surface area (Å²) in [6.45, 7) is 2.16. The molecule has 0 saturated carbocycles. The standard InChI is InChI=1S/C34H40F3N5O5.2ClH/c1-44-30-26(31(39-33(38-30)45-2)47-22-34(35,36)37)20-40-18-25-19-41(32(43)28-14-9-17-46-28)15-16-42(25)27(21-40)29(23-10-5-3-6-11-23)24-12-7-4-8-13-24;;/h3-8,10-13,25,27-29H,9,14-22H2,1-2H3;2*1H/t25-,27+,28+;;/m1../s1. The first-order valence-corrected chi connectivity index (χ1v) is 15.9. The molecule has 1 amide bonds. The molecular formula is C34H42Cl2F3N5O5. The second kappa shape index (κ2) is 17.0. The monoisotopic (exact) mass is 727 g/mol. The Morgan fingerprint density at radius 3 is 2.14 bits per heavy atom. The van der Waals surface area contributed by atoms with E-state index in [-0.39, 0.29) is 73.0 Å². The Morgan fingerprint density at radius 1 is 0.918 bits per heavy atom. The second-order valence-electron chi connectivity index (χ2n) is 12.1. The molecule has 0 N–H and O–H groups in total. The minimum Gasteiger partial charge on any atom is -0.481 e. The van der Waals surface area contributed by atoms with Crippen molar-refractivity contribution in [2.75, 3.05) is 60.2 Å². The fourth-order valence-electron chi connectivity index (χ4n) is 7.08. The molecule has 10 nitrogen and oxygen atoms in total. The third-order valence-electron chi connectivity index (χ3n) is 9.13. The molecular weight excluding hydrogens is 686 g/mol. The molecule has 3 aromatic rings. The van der Waals surface area contributed by atoms with E-state index < -0.39 is 18.9 Å². The molecule has 0 bridgehead atoms. The van der Waals surface area contributed by atoms with Gasteiger partial charge in [0, 0.05) is 63.9 Å². The molecule has 3 aliphatic heterocycles. The third-order valence-corrected chi connectivity index (χ3v) is 9.13. The average molecular weight is 729 g/mol. The Kier molecular flexibility index (Phi) is 13.4. The van der Waals surface area contributed by atoms with Crippen LogP contribution in [0.4, 0.5) is 13.2 Å². The van der Waals surface area contributed by atoms with Crippen LogP contribution >= 0.6 is 24.8 Å². The summed E-state index contributed by atoms with van der Waals surface area (Å²) in [5.74, 6) is -0.161. The summed E-state index contributed by atoms with van der Waals surface area (Å²) < 4.78 is 61.4. The molecule has 2 aromatic carbocycles. The zero-order valence-electron chi connectivity index (χ0n) is 27.4. The maximum Gasteiger partial charge on any atom is 0.422 e. The van der Waals surface area contributed by atoms with Gasteiger partial charge in [0.15, 0.2) is 6.61 Å². The lowest BCUT2D eigenvalue weighted by molar-refractivity contribution is -0.154. The highest BCUT2D eigenvalue weighted by Crippen LogP contribution is 2.38. The van der Waals surface area contributed by atoms with Gasteiger partial charge in [-0.3, -0.25) is 14.6 Å². The Morgan fingerprint density at radius 2 is 1.57 bits per heavy atom. The second-order valence-corrected chi connectivity index (χ2v) is 12.1. The number of alkyl halides is 3. The summed E-state index contributed by atoms with van der Waals surface area (Å²) in [4.78, 5) is 28.5. The van der Waals surface area contributed by atoms with Crippen LogP contribution in [-0.4, -0.2) is 115 Å². The molecule has 4 heterocycles. The molecule has 3 saturated heterocycles. The van der Waals surface area contributed by atoms with Crippen LogP contribution in [0, 0.1) is 0 Å². The largest absolute Gasteiger partial charge is 0.481 e. The van der Waals surface area contributed by atoms with Gasteiger partial charge in [-0.05, 0) is 24.0 Å². The molecule has 15 heteroatoms. The van der Waals surface area contributed by atoms with E-state index in [1.54, 1.807) is 0 Å². The number of halogens is 5. The van der Waals surface area contributed by atoms with E-state index in [0.717, 1.165) is 24.0 Å². The lowest BCUT2D eigenvalue weighted by Crippen LogP contribution is -2.67. The first-order chi connectivity index (χ1) is 22.7. The van der Waals surface area contributed by atoms with Gasteiger partial charge >= 0.3 is 12.2 Å². The van der Waals surface area contributed by atoms with Crippen molar-refractivity contribution >= 4 is 30.7 Å². The molecule has 0 radical (unpaired) electrons. The molecule has 3 fully saturated rings. The molecule has 0 unspecified atom stereocenters. The highest BCUT2D eigenvalue weighted by molar-refractivity contribution is 5.85. The lowest BCUT2D eigenvalue weighted by atomic mass is 9.81. The van der Waals surface area contributed by atoms with E-state index >= 15 is 0 Å². The number of hydrogen-bond donors (Lipinski definition) is 0. The van der Waals surface area contributed by atoms with E-state index in [1.807, 2.05) is 41.3 Å². The Labute approximate surface area is 296 Å². The van der Waals surface area contributed by atoms with Crippen molar-refractivity contribution in [2.45, 2.75) is 49.7 Å². The molecule has 3 aliphatic rings. The smallest absolute Gasteiger partial charge is 0.422 e. The number of carbonyl (C=O) groups excluding carboxylic acids is 1.